The molecule has 0 N–H and O–H groups in total. The van der Waals surface area contributed by atoms with Gasteiger partial charge in [0.2, 0.25) is 0 Å². The highest BCUT2D eigenvalue weighted by molar-refractivity contribution is 6.66. The maximum Gasteiger partial charge on any atom is 0.339 e. The van der Waals surface area contributed by atoms with Gasteiger partial charge < -0.3 is 23.1 Å². The van der Waals surface area contributed by atoms with Crippen molar-refractivity contribution in [2.75, 3.05) is 26.9 Å². The molecular weight excluding hydrogens is 280 g/mol. The number of esters is 1. The van der Waals surface area contributed by atoms with Gasteiger partial charge in [-0.05, 0) is 13.5 Å². The minimum atomic E-state index is -2.43. The molecule has 0 radical (unpaired) electrons. The molecule has 0 aromatic rings. The van der Waals surface area contributed by atoms with Gasteiger partial charge in [0.25, 0.3) is 0 Å². The molecule has 0 fully saturated rings. The molecule has 0 saturated carbocycles. The predicted molar refractivity (Wildman–Crippen MR) is 77.2 cm³/mol. The van der Waals surface area contributed by atoms with Gasteiger partial charge in [-0.1, -0.05) is 13.2 Å². The Morgan fingerprint density at radius 2 is 2.00 bits per heavy atom. The van der Waals surface area contributed by atoms with Crippen molar-refractivity contribution in [2.45, 2.75) is 25.8 Å². The summed E-state index contributed by atoms with van der Waals surface area (Å²) in [6.45, 7) is 11.7. The van der Waals surface area contributed by atoms with E-state index in [4.69, 9.17) is 23.1 Å². The summed E-state index contributed by atoms with van der Waals surface area (Å²) in [4.78, 5) is 11.1. The molecule has 0 amide bonds. The van der Waals surface area contributed by atoms with E-state index in [9.17, 15) is 4.79 Å². The lowest BCUT2D eigenvalue weighted by Crippen LogP contribution is -2.42. The van der Waals surface area contributed by atoms with Crippen LogP contribution in [0, 0.1) is 0 Å². The molecule has 0 aliphatic carbocycles. The van der Waals surface area contributed by atoms with Crippen LogP contribution in [0.5, 0.6) is 0 Å². The topological polar surface area (TPSA) is 63.2 Å². The highest BCUT2D eigenvalue weighted by Crippen LogP contribution is 2.15. The number of carbonyl (C=O) groups excluding carboxylic acids is 1. The van der Waals surface area contributed by atoms with Gasteiger partial charge in [0, 0.05) is 25.8 Å². The third-order valence-corrected chi connectivity index (χ3v) is 5.27. The summed E-state index contributed by atoms with van der Waals surface area (Å²) in [7, 11) is -0.854. The monoisotopic (exact) mass is 304 g/mol. The lowest BCUT2D eigenvalue weighted by atomic mass is 10.6. The molecule has 2 unspecified atom stereocenters. The Hall–Kier alpha value is -1.15. The lowest BCUT2D eigenvalue weighted by molar-refractivity contribution is -0.157. The standard InChI is InChI=1S/C13H24O6Si/c1-6-13(14)18-12(3)19-20(5,15-4)11-10-17-9-8-16-7-2/h6-7,12H,1-2,8-11H2,3-5H3. The number of carbonyl (C=O) groups is 1. The SMILES string of the molecule is C=COCCOCC[Si](C)(OC)OC(C)OC(=O)C=C. The van der Waals surface area contributed by atoms with Crippen LogP contribution in [-0.2, 0) is 27.9 Å². The smallest absolute Gasteiger partial charge is 0.339 e. The second-order valence-corrected chi connectivity index (χ2v) is 7.48. The Labute approximate surface area is 121 Å². The summed E-state index contributed by atoms with van der Waals surface area (Å²) in [5.74, 6) is -0.525. The maximum atomic E-state index is 11.1. The molecule has 20 heavy (non-hydrogen) atoms. The van der Waals surface area contributed by atoms with Gasteiger partial charge in [0.1, 0.15) is 6.61 Å². The van der Waals surface area contributed by atoms with Crippen LogP contribution in [0.25, 0.3) is 0 Å². The van der Waals surface area contributed by atoms with Crippen molar-refractivity contribution in [3.63, 3.8) is 0 Å². The second-order valence-electron chi connectivity index (χ2n) is 4.06. The molecule has 0 spiro atoms. The van der Waals surface area contributed by atoms with Gasteiger partial charge in [-0.2, -0.15) is 0 Å². The van der Waals surface area contributed by atoms with E-state index in [-0.39, 0.29) is 0 Å². The van der Waals surface area contributed by atoms with Crippen molar-refractivity contribution in [1.82, 2.24) is 0 Å². The summed E-state index contributed by atoms with van der Waals surface area (Å²) < 4.78 is 26.4. The van der Waals surface area contributed by atoms with Gasteiger partial charge in [-0.25, -0.2) is 4.79 Å². The third kappa shape index (κ3) is 8.86. The zero-order valence-electron chi connectivity index (χ0n) is 12.4. The molecule has 2 atom stereocenters. The fourth-order valence-corrected chi connectivity index (χ4v) is 3.03. The van der Waals surface area contributed by atoms with Crippen LogP contribution in [0.4, 0.5) is 0 Å². The van der Waals surface area contributed by atoms with Gasteiger partial charge in [0.05, 0.1) is 12.9 Å². The van der Waals surface area contributed by atoms with Crippen LogP contribution in [0.1, 0.15) is 6.92 Å². The zero-order chi connectivity index (χ0) is 15.4. The molecule has 0 aliphatic rings. The number of hydrogen-bond donors (Lipinski definition) is 0. The van der Waals surface area contributed by atoms with E-state index in [0.29, 0.717) is 25.9 Å². The Balaban J connectivity index is 4.02. The van der Waals surface area contributed by atoms with Crippen LogP contribution >= 0.6 is 0 Å². The molecule has 7 heteroatoms. The van der Waals surface area contributed by atoms with E-state index < -0.39 is 20.8 Å². The Kier molecular flexibility index (Phi) is 10.0. The summed E-state index contributed by atoms with van der Waals surface area (Å²) in [5, 5.41) is 0. The summed E-state index contributed by atoms with van der Waals surface area (Å²) in [6.07, 6.45) is 1.78. The lowest BCUT2D eigenvalue weighted by Gasteiger charge is -2.28. The van der Waals surface area contributed by atoms with Gasteiger partial charge in [-0.15, -0.1) is 0 Å². The molecule has 0 rings (SSSR count). The summed E-state index contributed by atoms with van der Waals surface area (Å²) in [6, 6.07) is 0.619. The fourth-order valence-electron chi connectivity index (χ4n) is 1.35. The van der Waals surface area contributed by atoms with Crippen LogP contribution in [-0.4, -0.2) is 47.8 Å². The molecule has 116 valence electrons. The van der Waals surface area contributed by atoms with Crippen LogP contribution in [0.3, 0.4) is 0 Å². The first-order valence-electron chi connectivity index (χ1n) is 6.33. The molecule has 0 saturated heterocycles. The molecule has 0 aliphatic heterocycles. The first kappa shape index (κ1) is 18.8. The number of rotatable bonds is 12. The highest BCUT2D eigenvalue weighted by atomic mass is 28.4. The van der Waals surface area contributed by atoms with E-state index in [2.05, 4.69) is 13.2 Å². The van der Waals surface area contributed by atoms with E-state index in [1.54, 1.807) is 14.0 Å². The minimum Gasteiger partial charge on any atom is -0.499 e. The summed E-state index contributed by atoms with van der Waals surface area (Å²) in [5.41, 5.74) is 0. The van der Waals surface area contributed by atoms with Gasteiger partial charge in [-0.3, -0.25) is 0 Å². The predicted octanol–water partition coefficient (Wildman–Crippen LogP) is 1.97. The van der Waals surface area contributed by atoms with Crippen molar-refractivity contribution in [2.24, 2.45) is 0 Å². The highest BCUT2D eigenvalue weighted by Gasteiger charge is 2.33. The molecule has 0 heterocycles. The Morgan fingerprint density at radius 1 is 1.30 bits per heavy atom. The largest absolute Gasteiger partial charge is 0.499 e. The van der Waals surface area contributed by atoms with Crippen molar-refractivity contribution < 1.29 is 27.9 Å². The van der Waals surface area contributed by atoms with Gasteiger partial charge in [0.15, 0.2) is 6.29 Å². The molecule has 0 aromatic heterocycles. The second kappa shape index (κ2) is 10.6. The Morgan fingerprint density at radius 3 is 2.55 bits per heavy atom. The van der Waals surface area contributed by atoms with E-state index >= 15 is 0 Å². The fraction of sp³-hybridized carbons (Fsp3) is 0.615. The van der Waals surface area contributed by atoms with Crippen molar-refractivity contribution in [3.05, 3.63) is 25.5 Å². The van der Waals surface area contributed by atoms with E-state index in [1.165, 1.54) is 6.26 Å². The number of ether oxygens (including phenoxy) is 3. The minimum absolute atomic E-state index is 0.461. The van der Waals surface area contributed by atoms with E-state index in [1.807, 2.05) is 6.55 Å². The molecule has 0 aromatic carbocycles. The van der Waals surface area contributed by atoms with Crippen molar-refractivity contribution >= 4 is 14.5 Å². The average molecular weight is 304 g/mol. The first-order valence-corrected chi connectivity index (χ1v) is 8.86. The first-order chi connectivity index (χ1) is 9.47. The average Bonchev–Trinajstić information content (AvgIpc) is 2.42. The molecular formula is C13H24O6Si. The third-order valence-electron chi connectivity index (χ3n) is 2.46. The van der Waals surface area contributed by atoms with Crippen LogP contribution in [0.15, 0.2) is 25.5 Å². The molecule has 0 bridgehead atoms. The number of hydrogen-bond acceptors (Lipinski definition) is 6. The normalized spacial score (nSPS) is 14.9. The van der Waals surface area contributed by atoms with Crippen LogP contribution < -0.4 is 0 Å². The Bertz CT molecular complexity index is 309. The summed E-state index contributed by atoms with van der Waals surface area (Å²) >= 11 is 0. The van der Waals surface area contributed by atoms with Crippen molar-refractivity contribution in [1.29, 1.82) is 0 Å². The molecule has 6 nitrogen and oxygen atoms in total. The van der Waals surface area contributed by atoms with Crippen molar-refractivity contribution in [3.8, 4) is 0 Å². The zero-order valence-corrected chi connectivity index (χ0v) is 13.4. The van der Waals surface area contributed by atoms with Gasteiger partial charge >= 0.3 is 14.5 Å². The maximum absolute atomic E-state index is 11.1. The quantitative estimate of drug-likeness (QED) is 0.137. The van der Waals surface area contributed by atoms with E-state index in [0.717, 1.165) is 6.08 Å². The van der Waals surface area contributed by atoms with Crippen LogP contribution in [0.2, 0.25) is 12.6 Å².